The molecular formula is C16H21FN2. The molecule has 0 bridgehead atoms. The van der Waals surface area contributed by atoms with E-state index in [2.05, 4.69) is 18.7 Å². The van der Waals surface area contributed by atoms with E-state index in [0.717, 1.165) is 24.1 Å². The van der Waals surface area contributed by atoms with Crippen LogP contribution in [0.15, 0.2) is 18.2 Å². The third kappa shape index (κ3) is 2.05. The molecule has 19 heavy (non-hydrogen) atoms. The molecule has 1 aliphatic carbocycles. The number of halogens is 1. The van der Waals surface area contributed by atoms with Crippen molar-refractivity contribution in [3.63, 3.8) is 0 Å². The van der Waals surface area contributed by atoms with E-state index >= 15 is 0 Å². The van der Waals surface area contributed by atoms with Crippen LogP contribution in [0, 0.1) is 23.1 Å². The van der Waals surface area contributed by atoms with Crippen molar-refractivity contribution in [1.82, 2.24) is 4.90 Å². The zero-order chi connectivity index (χ0) is 13.6. The van der Waals surface area contributed by atoms with Gasteiger partial charge in [-0.15, -0.1) is 0 Å². The summed E-state index contributed by atoms with van der Waals surface area (Å²) in [6, 6.07) is 5.28. The van der Waals surface area contributed by atoms with Crippen molar-refractivity contribution < 1.29 is 4.39 Å². The van der Waals surface area contributed by atoms with Gasteiger partial charge in [0.05, 0.1) is 0 Å². The van der Waals surface area contributed by atoms with Gasteiger partial charge in [-0.3, -0.25) is 5.41 Å². The van der Waals surface area contributed by atoms with Gasteiger partial charge in [0.1, 0.15) is 11.7 Å². The Morgan fingerprint density at radius 2 is 2.05 bits per heavy atom. The molecule has 3 heteroatoms. The van der Waals surface area contributed by atoms with Crippen LogP contribution in [-0.4, -0.2) is 16.8 Å². The normalized spacial score (nSPS) is 30.6. The van der Waals surface area contributed by atoms with E-state index in [1.54, 1.807) is 0 Å². The van der Waals surface area contributed by atoms with Gasteiger partial charge in [-0.2, -0.15) is 0 Å². The first-order chi connectivity index (χ1) is 9.08. The van der Waals surface area contributed by atoms with Crippen LogP contribution in [0.1, 0.15) is 44.2 Å². The van der Waals surface area contributed by atoms with Crippen molar-refractivity contribution in [3.05, 3.63) is 35.1 Å². The second-order valence-electron chi connectivity index (χ2n) is 6.11. The van der Waals surface area contributed by atoms with Crippen molar-refractivity contribution >= 4 is 5.84 Å². The van der Waals surface area contributed by atoms with E-state index in [1.807, 2.05) is 6.07 Å². The molecule has 3 rings (SSSR count). The van der Waals surface area contributed by atoms with E-state index in [0.29, 0.717) is 23.7 Å². The molecule has 1 fully saturated rings. The van der Waals surface area contributed by atoms with Crippen LogP contribution in [0.3, 0.4) is 0 Å². The lowest BCUT2D eigenvalue weighted by atomic mass is 9.77. The summed E-state index contributed by atoms with van der Waals surface area (Å²) in [6.45, 7) is 5.38. The molecule has 0 spiro atoms. The smallest absolute Gasteiger partial charge is 0.129 e. The Hall–Kier alpha value is -1.38. The topological polar surface area (TPSA) is 27.1 Å². The van der Waals surface area contributed by atoms with Crippen LogP contribution in [-0.2, 0) is 6.54 Å². The molecule has 1 heterocycles. The number of fused-ring (bicyclic) bond motifs is 1. The van der Waals surface area contributed by atoms with Crippen LogP contribution in [0.25, 0.3) is 0 Å². The third-order valence-corrected chi connectivity index (χ3v) is 5.02. The number of amidine groups is 1. The van der Waals surface area contributed by atoms with Crippen LogP contribution in [0.4, 0.5) is 4.39 Å². The van der Waals surface area contributed by atoms with E-state index in [4.69, 9.17) is 5.41 Å². The zero-order valence-electron chi connectivity index (χ0n) is 11.6. The van der Waals surface area contributed by atoms with Gasteiger partial charge >= 0.3 is 0 Å². The standard InChI is InChI=1S/C16H21FN2/c1-10-4-3-5-15(11(10)2)19-9-12-6-7-13(17)8-14(12)16(19)18/h6-8,10-11,15,18H,3-5,9H2,1-2H3. The number of benzene rings is 1. The second-order valence-corrected chi connectivity index (χ2v) is 6.11. The largest absolute Gasteiger partial charge is 0.349 e. The van der Waals surface area contributed by atoms with Gasteiger partial charge in [0, 0.05) is 18.2 Å². The monoisotopic (exact) mass is 260 g/mol. The highest BCUT2D eigenvalue weighted by molar-refractivity contribution is 6.00. The van der Waals surface area contributed by atoms with Gasteiger partial charge < -0.3 is 4.90 Å². The average Bonchev–Trinajstić information content (AvgIpc) is 2.70. The zero-order valence-corrected chi connectivity index (χ0v) is 11.6. The van der Waals surface area contributed by atoms with Crippen molar-refractivity contribution in [2.75, 3.05) is 0 Å². The lowest BCUT2D eigenvalue weighted by Gasteiger charge is -2.40. The van der Waals surface area contributed by atoms with Gasteiger partial charge in [0.25, 0.3) is 0 Å². The molecule has 0 saturated heterocycles. The molecule has 3 atom stereocenters. The van der Waals surface area contributed by atoms with E-state index < -0.39 is 0 Å². The Balaban J connectivity index is 1.87. The first-order valence-corrected chi connectivity index (χ1v) is 7.22. The lowest BCUT2D eigenvalue weighted by molar-refractivity contribution is 0.134. The van der Waals surface area contributed by atoms with Crippen molar-refractivity contribution in [3.8, 4) is 0 Å². The molecule has 2 aliphatic rings. The summed E-state index contributed by atoms with van der Waals surface area (Å²) in [5, 5.41) is 8.34. The molecule has 2 nitrogen and oxygen atoms in total. The number of nitrogens with one attached hydrogen (secondary N) is 1. The van der Waals surface area contributed by atoms with Crippen molar-refractivity contribution in [1.29, 1.82) is 5.41 Å². The van der Waals surface area contributed by atoms with E-state index in [9.17, 15) is 4.39 Å². The van der Waals surface area contributed by atoms with E-state index in [-0.39, 0.29) is 5.82 Å². The van der Waals surface area contributed by atoms with Crippen molar-refractivity contribution in [2.24, 2.45) is 11.8 Å². The fraction of sp³-hybridized carbons (Fsp3) is 0.562. The van der Waals surface area contributed by atoms with Gasteiger partial charge in [-0.25, -0.2) is 4.39 Å². The highest BCUT2D eigenvalue weighted by atomic mass is 19.1. The predicted molar refractivity (Wildman–Crippen MR) is 74.7 cm³/mol. The van der Waals surface area contributed by atoms with Gasteiger partial charge in [0.15, 0.2) is 0 Å². The molecular weight excluding hydrogens is 239 g/mol. The first kappa shape index (κ1) is 12.6. The molecule has 1 aromatic rings. The quantitative estimate of drug-likeness (QED) is 0.817. The number of rotatable bonds is 1. The second kappa shape index (κ2) is 4.62. The first-order valence-electron chi connectivity index (χ1n) is 7.22. The third-order valence-electron chi connectivity index (χ3n) is 5.02. The number of hydrogen-bond acceptors (Lipinski definition) is 1. The average molecular weight is 260 g/mol. The maximum atomic E-state index is 13.3. The predicted octanol–water partition coefficient (Wildman–Crippen LogP) is 3.79. The molecule has 0 radical (unpaired) electrons. The number of nitrogens with zero attached hydrogens (tertiary/aromatic N) is 1. The summed E-state index contributed by atoms with van der Waals surface area (Å²) in [6.07, 6.45) is 3.69. The summed E-state index contributed by atoms with van der Waals surface area (Å²) >= 11 is 0. The highest BCUT2D eigenvalue weighted by Gasteiger charge is 2.36. The minimum atomic E-state index is -0.240. The molecule has 1 N–H and O–H groups in total. The van der Waals surface area contributed by atoms with Crippen LogP contribution in [0.2, 0.25) is 0 Å². The summed E-state index contributed by atoms with van der Waals surface area (Å²) in [4.78, 5) is 2.18. The Morgan fingerprint density at radius 1 is 1.26 bits per heavy atom. The van der Waals surface area contributed by atoms with Crippen LogP contribution >= 0.6 is 0 Å². The molecule has 1 aromatic carbocycles. The lowest BCUT2D eigenvalue weighted by Crippen LogP contribution is -2.44. The fourth-order valence-corrected chi connectivity index (χ4v) is 3.60. The minimum absolute atomic E-state index is 0.240. The Labute approximate surface area is 114 Å². The summed E-state index contributed by atoms with van der Waals surface area (Å²) < 4.78 is 13.3. The van der Waals surface area contributed by atoms with Crippen LogP contribution in [0.5, 0.6) is 0 Å². The number of hydrogen-bond donors (Lipinski definition) is 1. The summed E-state index contributed by atoms with van der Waals surface area (Å²) in [7, 11) is 0. The SMILES string of the molecule is CC1CCCC(N2Cc3ccc(F)cc3C2=N)C1C. The molecule has 0 aromatic heterocycles. The highest BCUT2D eigenvalue weighted by Crippen LogP contribution is 2.36. The fourth-order valence-electron chi connectivity index (χ4n) is 3.60. The summed E-state index contributed by atoms with van der Waals surface area (Å²) in [5.41, 5.74) is 1.88. The van der Waals surface area contributed by atoms with Crippen LogP contribution < -0.4 is 0 Å². The van der Waals surface area contributed by atoms with Gasteiger partial charge in [-0.05, 0) is 36.0 Å². The van der Waals surface area contributed by atoms with Gasteiger partial charge in [-0.1, -0.05) is 32.8 Å². The maximum absolute atomic E-state index is 13.3. The Kier molecular flexibility index (Phi) is 3.08. The minimum Gasteiger partial charge on any atom is -0.349 e. The van der Waals surface area contributed by atoms with Crippen molar-refractivity contribution in [2.45, 2.75) is 45.7 Å². The van der Waals surface area contributed by atoms with E-state index in [1.165, 1.54) is 25.0 Å². The molecule has 102 valence electrons. The molecule has 3 unspecified atom stereocenters. The Bertz CT molecular complexity index is 511. The maximum Gasteiger partial charge on any atom is 0.129 e. The molecule has 0 amide bonds. The van der Waals surface area contributed by atoms with Gasteiger partial charge in [0.2, 0.25) is 0 Å². The molecule has 1 saturated carbocycles. The Morgan fingerprint density at radius 3 is 2.84 bits per heavy atom. The molecule has 1 aliphatic heterocycles. The summed E-state index contributed by atoms with van der Waals surface area (Å²) in [5.74, 6) is 1.59.